The topological polar surface area (TPSA) is 51.0 Å². The van der Waals surface area contributed by atoms with Crippen LogP contribution >= 0.6 is 0 Å². The Labute approximate surface area is 162 Å². The number of rotatable bonds is 1. The molecule has 2 heterocycles. The van der Waals surface area contributed by atoms with Gasteiger partial charge >= 0.3 is 0 Å². The van der Waals surface area contributed by atoms with Crippen LogP contribution in [0.3, 0.4) is 0 Å². The third-order valence-electron chi connectivity index (χ3n) is 5.15. The van der Waals surface area contributed by atoms with Gasteiger partial charge in [0.15, 0.2) is 0 Å². The zero-order valence-electron chi connectivity index (χ0n) is 15.6. The summed E-state index contributed by atoms with van der Waals surface area (Å²) in [6, 6.07) is 23.7. The average molecular weight is 366 g/mol. The molecule has 0 bridgehead atoms. The lowest BCUT2D eigenvalue weighted by Gasteiger charge is -2.26. The maximum Gasteiger partial charge on any atom is 0.260 e. The highest BCUT2D eigenvalue weighted by atomic mass is 16.2. The number of aryl methyl sites for hydroxylation is 1. The van der Waals surface area contributed by atoms with Crippen LogP contribution in [-0.2, 0) is 0 Å². The Balaban J connectivity index is 1.92. The van der Waals surface area contributed by atoms with Gasteiger partial charge in [0.05, 0.1) is 16.9 Å². The Bertz CT molecular complexity index is 1210. The highest BCUT2D eigenvalue weighted by molar-refractivity contribution is 6.11. The van der Waals surface area contributed by atoms with Crippen LogP contribution in [0.2, 0.25) is 0 Å². The van der Waals surface area contributed by atoms with E-state index >= 15 is 0 Å². The SMILES string of the molecule is Cc1ccc2c(c1)-c1c(-c3ccccc3)nnn1-c1ccccc1C(=O)N2C. The van der Waals surface area contributed by atoms with Crippen molar-refractivity contribution in [2.24, 2.45) is 0 Å². The van der Waals surface area contributed by atoms with Crippen molar-refractivity contribution in [3.8, 4) is 28.2 Å². The van der Waals surface area contributed by atoms with Gasteiger partial charge in [-0.05, 0) is 31.2 Å². The number of benzene rings is 3. The minimum atomic E-state index is -0.0666. The zero-order valence-corrected chi connectivity index (χ0v) is 15.6. The Morgan fingerprint density at radius 3 is 2.39 bits per heavy atom. The van der Waals surface area contributed by atoms with Crippen molar-refractivity contribution in [3.63, 3.8) is 0 Å². The molecular weight excluding hydrogens is 348 g/mol. The summed E-state index contributed by atoms with van der Waals surface area (Å²) in [6.45, 7) is 2.05. The molecule has 0 unspecified atom stereocenters. The molecule has 1 aliphatic rings. The van der Waals surface area contributed by atoms with Crippen LogP contribution in [0.25, 0.3) is 28.2 Å². The van der Waals surface area contributed by atoms with Gasteiger partial charge in [-0.3, -0.25) is 4.79 Å². The minimum absolute atomic E-state index is 0.0666. The van der Waals surface area contributed by atoms with Gasteiger partial charge in [-0.2, -0.15) is 0 Å². The van der Waals surface area contributed by atoms with Crippen molar-refractivity contribution < 1.29 is 4.79 Å². The fourth-order valence-corrected chi connectivity index (χ4v) is 3.74. The average Bonchev–Trinajstić information content (AvgIpc) is 3.17. The lowest BCUT2D eigenvalue weighted by molar-refractivity contribution is 0.0992. The van der Waals surface area contributed by atoms with E-state index in [0.717, 1.165) is 39.5 Å². The van der Waals surface area contributed by atoms with Crippen LogP contribution in [0, 0.1) is 6.92 Å². The molecule has 28 heavy (non-hydrogen) atoms. The molecule has 136 valence electrons. The van der Waals surface area contributed by atoms with E-state index in [-0.39, 0.29) is 5.91 Å². The number of hydrogen-bond donors (Lipinski definition) is 0. The van der Waals surface area contributed by atoms with Gasteiger partial charge in [-0.25, -0.2) is 4.68 Å². The summed E-state index contributed by atoms with van der Waals surface area (Å²) in [5, 5.41) is 8.97. The van der Waals surface area contributed by atoms with Crippen LogP contribution < -0.4 is 4.90 Å². The third kappa shape index (κ3) is 2.36. The summed E-state index contributed by atoms with van der Waals surface area (Å²) < 4.78 is 1.79. The lowest BCUT2D eigenvalue weighted by atomic mass is 9.98. The first-order chi connectivity index (χ1) is 13.6. The Hall–Kier alpha value is -3.73. The summed E-state index contributed by atoms with van der Waals surface area (Å²) in [6.07, 6.45) is 0. The first kappa shape index (κ1) is 16.4. The summed E-state index contributed by atoms with van der Waals surface area (Å²) in [5.74, 6) is -0.0666. The molecule has 0 spiro atoms. The molecule has 1 aromatic heterocycles. The molecule has 0 aliphatic carbocycles. The molecule has 1 amide bonds. The largest absolute Gasteiger partial charge is 0.311 e. The van der Waals surface area contributed by atoms with Crippen LogP contribution in [0.4, 0.5) is 5.69 Å². The van der Waals surface area contributed by atoms with Crippen LogP contribution in [-0.4, -0.2) is 27.9 Å². The fraction of sp³-hybridized carbons (Fsp3) is 0.0870. The maximum atomic E-state index is 13.2. The van der Waals surface area contributed by atoms with E-state index in [1.807, 2.05) is 80.7 Å². The monoisotopic (exact) mass is 366 g/mol. The molecule has 0 saturated carbocycles. The number of para-hydroxylation sites is 1. The van der Waals surface area contributed by atoms with Crippen LogP contribution in [0.15, 0.2) is 72.8 Å². The summed E-state index contributed by atoms with van der Waals surface area (Å²) in [4.78, 5) is 14.9. The molecule has 3 aromatic carbocycles. The van der Waals surface area contributed by atoms with E-state index in [2.05, 4.69) is 16.4 Å². The molecule has 0 N–H and O–H groups in total. The summed E-state index contributed by atoms with van der Waals surface area (Å²) in [7, 11) is 1.81. The van der Waals surface area contributed by atoms with E-state index in [1.54, 1.807) is 9.58 Å². The van der Waals surface area contributed by atoms with Crippen molar-refractivity contribution in [3.05, 3.63) is 83.9 Å². The number of fused-ring (bicyclic) bond motifs is 5. The Kier molecular flexibility index (Phi) is 3.62. The predicted molar refractivity (Wildman–Crippen MR) is 110 cm³/mol. The molecule has 0 atom stereocenters. The number of carbonyl (C=O) groups is 1. The molecule has 5 heteroatoms. The fourth-order valence-electron chi connectivity index (χ4n) is 3.74. The van der Waals surface area contributed by atoms with Gasteiger partial charge in [0.25, 0.3) is 5.91 Å². The van der Waals surface area contributed by atoms with E-state index in [4.69, 9.17) is 0 Å². The van der Waals surface area contributed by atoms with E-state index in [9.17, 15) is 4.79 Å². The van der Waals surface area contributed by atoms with E-state index in [1.165, 1.54) is 0 Å². The number of nitrogens with zero attached hydrogens (tertiary/aromatic N) is 4. The van der Waals surface area contributed by atoms with Crippen molar-refractivity contribution in [2.45, 2.75) is 6.92 Å². The Morgan fingerprint density at radius 2 is 1.57 bits per heavy atom. The van der Waals surface area contributed by atoms with Gasteiger partial charge in [-0.15, -0.1) is 5.10 Å². The van der Waals surface area contributed by atoms with Gasteiger partial charge in [0, 0.05) is 18.2 Å². The molecule has 0 radical (unpaired) electrons. The van der Waals surface area contributed by atoms with Crippen molar-refractivity contribution >= 4 is 11.6 Å². The van der Waals surface area contributed by atoms with Gasteiger partial charge in [-0.1, -0.05) is 59.3 Å². The van der Waals surface area contributed by atoms with Gasteiger partial charge in [0.1, 0.15) is 11.4 Å². The van der Waals surface area contributed by atoms with Gasteiger partial charge < -0.3 is 4.90 Å². The summed E-state index contributed by atoms with van der Waals surface area (Å²) >= 11 is 0. The molecule has 4 aromatic rings. The first-order valence-corrected chi connectivity index (χ1v) is 9.15. The van der Waals surface area contributed by atoms with Crippen molar-refractivity contribution in [2.75, 3.05) is 11.9 Å². The standard InChI is InChI=1S/C23H18N4O/c1-15-12-13-19-18(14-15)22-21(16-8-4-3-5-9-16)24-25-27(22)20-11-7-6-10-17(20)23(28)26(19)2/h3-14H,1-2H3. The molecular formula is C23H18N4O. The lowest BCUT2D eigenvalue weighted by Crippen LogP contribution is -2.29. The molecule has 5 nitrogen and oxygen atoms in total. The minimum Gasteiger partial charge on any atom is -0.311 e. The number of aromatic nitrogens is 3. The van der Waals surface area contributed by atoms with E-state index < -0.39 is 0 Å². The normalized spacial score (nSPS) is 12.6. The maximum absolute atomic E-state index is 13.2. The quantitative estimate of drug-likeness (QED) is 0.498. The molecule has 0 fully saturated rings. The number of hydrogen-bond acceptors (Lipinski definition) is 3. The number of amides is 1. The molecule has 1 aliphatic heterocycles. The van der Waals surface area contributed by atoms with Crippen LogP contribution in [0.5, 0.6) is 0 Å². The number of anilines is 1. The highest BCUT2D eigenvalue weighted by Gasteiger charge is 2.29. The number of carbonyl (C=O) groups excluding carboxylic acids is 1. The Morgan fingerprint density at radius 1 is 0.821 bits per heavy atom. The van der Waals surface area contributed by atoms with E-state index in [0.29, 0.717) is 5.56 Å². The third-order valence-corrected chi connectivity index (χ3v) is 5.15. The molecule has 5 rings (SSSR count). The smallest absolute Gasteiger partial charge is 0.260 e. The predicted octanol–water partition coefficient (Wildman–Crippen LogP) is 4.50. The van der Waals surface area contributed by atoms with Crippen molar-refractivity contribution in [1.82, 2.24) is 15.0 Å². The van der Waals surface area contributed by atoms with Crippen LogP contribution in [0.1, 0.15) is 15.9 Å². The van der Waals surface area contributed by atoms with Gasteiger partial charge in [0.2, 0.25) is 0 Å². The zero-order chi connectivity index (χ0) is 19.3. The highest BCUT2D eigenvalue weighted by Crippen LogP contribution is 2.40. The first-order valence-electron chi connectivity index (χ1n) is 9.15. The van der Waals surface area contributed by atoms with Crippen molar-refractivity contribution in [1.29, 1.82) is 0 Å². The second-order valence-electron chi connectivity index (χ2n) is 6.97. The second-order valence-corrected chi connectivity index (χ2v) is 6.97. The molecule has 0 saturated heterocycles. The second kappa shape index (κ2) is 6.16. The summed E-state index contributed by atoms with van der Waals surface area (Å²) in [5.41, 5.74) is 6.89.